The number of nitrogens with zero attached hydrogens (tertiary/aromatic N) is 1. The summed E-state index contributed by atoms with van der Waals surface area (Å²) in [7, 11) is 0. The molecule has 1 aliphatic heterocycles. The van der Waals surface area contributed by atoms with Crippen LogP contribution in [0, 0.1) is 6.92 Å². The largest absolute Gasteiger partial charge is 0.378 e. The topological polar surface area (TPSA) is 53.6 Å². The number of ether oxygens (including phenoxy) is 1. The summed E-state index contributed by atoms with van der Waals surface area (Å²) in [5.41, 5.74) is 4.01. The molecule has 5 nitrogen and oxygen atoms in total. The molecule has 26 heavy (non-hydrogen) atoms. The van der Waals surface area contributed by atoms with Gasteiger partial charge in [0.2, 0.25) is 5.91 Å². The Balaban J connectivity index is 1.57. The van der Waals surface area contributed by atoms with Gasteiger partial charge in [0.05, 0.1) is 13.2 Å². The number of nitrogens with one attached hydrogen (secondary N) is 2. The van der Waals surface area contributed by atoms with Crippen molar-refractivity contribution in [2.75, 3.05) is 41.8 Å². The zero-order chi connectivity index (χ0) is 18.5. The number of carbonyl (C=O) groups excluding carboxylic acids is 1. The van der Waals surface area contributed by atoms with Gasteiger partial charge in [0.1, 0.15) is 6.04 Å². The van der Waals surface area contributed by atoms with Crippen molar-refractivity contribution in [3.05, 3.63) is 52.5 Å². The molecule has 0 radical (unpaired) electrons. The number of benzene rings is 2. The predicted molar refractivity (Wildman–Crippen MR) is 110 cm³/mol. The zero-order valence-corrected chi connectivity index (χ0v) is 16.7. The molecule has 0 aromatic heterocycles. The predicted octanol–water partition coefficient (Wildman–Crippen LogP) is 4.03. The van der Waals surface area contributed by atoms with Gasteiger partial charge >= 0.3 is 0 Å². The summed E-state index contributed by atoms with van der Waals surface area (Å²) < 4.78 is 6.43. The minimum absolute atomic E-state index is 0.0651. The molecular weight excluding hydrogens is 394 g/mol. The third-order valence-electron chi connectivity index (χ3n) is 4.45. The third-order valence-corrected chi connectivity index (χ3v) is 5.34. The Morgan fingerprint density at radius 3 is 2.42 bits per heavy atom. The first-order valence-electron chi connectivity index (χ1n) is 8.79. The molecule has 2 N–H and O–H groups in total. The van der Waals surface area contributed by atoms with E-state index in [0.717, 1.165) is 53.4 Å². The maximum absolute atomic E-state index is 12.4. The van der Waals surface area contributed by atoms with E-state index in [9.17, 15) is 4.79 Å². The van der Waals surface area contributed by atoms with Gasteiger partial charge in [0, 0.05) is 34.6 Å². The van der Waals surface area contributed by atoms with E-state index in [2.05, 4.69) is 31.5 Å². The van der Waals surface area contributed by atoms with E-state index < -0.39 is 0 Å². The molecule has 2 aromatic rings. The molecule has 6 heteroatoms. The maximum atomic E-state index is 12.4. The van der Waals surface area contributed by atoms with Gasteiger partial charge in [-0.2, -0.15) is 0 Å². The fraction of sp³-hybridized carbons (Fsp3) is 0.350. The average Bonchev–Trinajstić information content (AvgIpc) is 2.66. The Bertz CT molecular complexity index is 758. The molecule has 2 aromatic carbocycles. The minimum Gasteiger partial charge on any atom is -0.378 e. The lowest BCUT2D eigenvalue weighted by molar-refractivity contribution is -0.116. The van der Waals surface area contributed by atoms with E-state index >= 15 is 0 Å². The summed E-state index contributed by atoms with van der Waals surface area (Å²) in [4.78, 5) is 14.7. The molecule has 1 amide bonds. The lowest BCUT2D eigenvalue weighted by Crippen LogP contribution is -2.36. The second kappa shape index (κ2) is 8.56. The zero-order valence-electron chi connectivity index (χ0n) is 15.1. The fourth-order valence-corrected chi connectivity index (χ4v) is 3.12. The summed E-state index contributed by atoms with van der Waals surface area (Å²) in [5.74, 6) is -0.0651. The Morgan fingerprint density at radius 1 is 1.12 bits per heavy atom. The highest BCUT2D eigenvalue weighted by atomic mass is 79.9. The number of carbonyl (C=O) groups is 1. The molecule has 0 aliphatic carbocycles. The molecule has 1 heterocycles. The van der Waals surface area contributed by atoms with E-state index in [1.165, 1.54) is 0 Å². The normalized spacial score (nSPS) is 15.4. The van der Waals surface area contributed by atoms with E-state index in [1.54, 1.807) is 0 Å². The van der Waals surface area contributed by atoms with Crippen molar-refractivity contribution >= 4 is 38.9 Å². The number of aryl methyl sites for hydroxylation is 1. The van der Waals surface area contributed by atoms with Crippen LogP contribution >= 0.6 is 15.9 Å². The fourth-order valence-electron chi connectivity index (χ4n) is 2.88. The molecule has 0 spiro atoms. The highest BCUT2D eigenvalue weighted by molar-refractivity contribution is 9.10. The number of hydrogen-bond donors (Lipinski definition) is 2. The molecule has 1 aliphatic rings. The number of anilines is 3. The minimum atomic E-state index is -0.338. The number of halogens is 1. The van der Waals surface area contributed by atoms with Gasteiger partial charge in [-0.05, 0) is 61.9 Å². The van der Waals surface area contributed by atoms with Gasteiger partial charge in [-0.15, -0.1) is 0 Å². The Hall–Kier alpha value is -2.05. The molecule has 138 valence electrons. The van der Waals surface area contributed by atoms with Gasteiger partial charge in [0.25, 0.3) is 0 Å². The smallest absolute Gasteiger partial charge is 0.246 e. The molecule has 1 fully saturated rings. The third kappa shape index (κ3) is 4.77. The molecule has 0 unspecified atom stereocenters. The van der Waals surface area contributed by atoms with Crippen LogP contribution in [0.2, 0.25) is 0 Å². The van der Waals surface area contributed by atoms with Crippen molar-refractivity contribution in [3.63, 3.8) is 0 Å². The van der Waals surface area contributed by atoms with Crippen molar-refractivity contribution in [1.29, 1.82) is 0 Å². The molecule has 1 saturated heterocycles. The van der Waals surface area contributed by atoms with Crippen LogP contribution in [0.4, 0.5) is 17.1 Å². The second-order valence-electron chi connectivity index (χ2n) is 6.47. The van der Waals surface area contributed by atoms with Crippen molar-refractivity contribution in [3.8, 4) is 0 Å². The van der Waals surface area contributed by atoms with Crippen molar-refractivity contribution in [2.24, 2.45) is 0 Å². The number of amides is 1. The van der Waals surface area contributed by atoms with Crippen molar-refractivity contribution in [2.45, 2.75) is 19.9 Å². The van der Waals surface area contributed by atoms with Crippen molar-refractivity contribution in [1.82, 2.24) is 0 Å². The lowest BCUT2D eigenvalue weighted by atomic mass is 10.2. The summed E-state index contributed by atoms with van der Waals surface area (Å²) in [6.45, 7) is 7.21. The summed E-state index contributed by atoms with van der Waals surface area (Å²) in [6, 6.07) is 13.6. The lowest BCUT2D eigenvalue weighted by Gasteiger charge is -2.29. The van der Waals surface area contributed by atoms with E-state index in [1.807, 2.05) is 56.3 Å². The molecule has 3 rings (SSSR count). The van der Waals surface area contributed by atoms with Gasteiger partial charge in [-0.1, -0.05) is 15.9 Å². The van der Waals surface area contributed by atoms with Gasteiger partial charge in [0.15, 0.2) is 0 Å². The summed E-state index contributed by atoms with van der Waals surface area (Å²) in [5, 5.41) is 6.20. The molecule has 0 saturated carbocycles. The second-order valence-corrected chi connectivity index (χ2v) is 7.32. The average molecular weight is 418 g/mol. The standard InChI is InChI=1S/C20H24BrN3O2/c1-14-13-17(5-8-19(14)21)22-15(2)20(25)23-16-3-6-18(7-4-16)24-9-11-26-12-10-24/h3-8,13,15,22H,9-12H2,1-2H3,(H,23,25)/t15-/m1/s1. The monoisotopic (exact) mass is 417 g/mol. The van der Waals surface area contributed by atoms with Crippen LogP contribution in [0.3, 0.4) is 0 Å². The molecular formula is C20H24BrN3O2. The number of morpholine rings is 1. The molecule has 0 bridgehead atoms. The van der Waals surface area contributed by atoms with Crippen LogP contribution in [0.15, 0.2) is 46.9 Å². The van der Waals surface area contributed by atoms with E-state index in [4.69, 9.17) is 4.74 Å². The van der Waals surface area contributed by atoms with Gasteiger partial charge < -0.3 is 20.3 Å². The number of rotatable bonds is 5. The van der Waals surface area contributed by atoms with Gasteiger partial charge in [-0.3, -0.25) is 4.79 Å². The first-order chi connectivity index (χ1) is 12.5. The van der Waals surface area contributed by atoms with Crippen molar-refractivity contribution < 1.29 is 9.53 Å². The van der Waals surface area contributed by atoms with Crippen LogP contribution in [0.1, 0.15) is 12.5 Å². The summed E-state index contributed by atoms with van der Waals surface area (Å²) in [6.07, 6.45) is 0. The number of hydrogen-bond acceptors (Lipinski definition) is 4. The molecule has 1 atom stereocenters. The van der Waals surface area contributed by atoms with Crippen LogP contribution < -0.4 is 15.5 Å². The SMILES string of the molecule is Cc1cc(N[C@H](C)C(=O)Nc2ccc(N3CCOCC3)cc2)ccc1Br. The Morgan fingerprint density at radius 2 is 1.77 bits per heavy atom. The van der Waals surface area contributed by atoms with Crippen LogP contribution in [0.5, 0.6) is 0 Å². The van der Waals surface area contributed by atoms with Crippen LogP contribution in [0.25, 0.3) is 0 Å². The van der Waals surface area contributed by atoms with Gasteiger partial charge in [-0.25, -0.2) is 0 Å². The highest BCUT2D eigenvalue weighted by Crippen LogP contribution is 2.21. The maximum Gasteiger partial charge on any atom is 0.246 e. The quantitative estimate of drug-likeness (QED) is 0.770. The van der Waals surface area contributed by atoms with Crippen LogP contribution in [-0.4, -0.2) is 38.3 Å². The summed E-state index contributed by atoms with van der Waals surface area (Å²) >= 11 is 3.49. The van der Waals surface area contributed by atoms with E-state index in [0.29, 0.717) is 0 Å². The van der Waals surface area contributed by atoms with E-state index in [-0.39, 0.29) is 11.9 Å². The Labute approximate surface area is 162 Å². The first kappa shape index (κ1) is 18.7. The first-order valence-corrected chi connectivity index (χ1v) is 9.58. The van der Waals surface area contributed by atoms with Crippen LogP contribution in [-0.2, 0) is 9.53 Å². The highest BCUT2D eigenvalue weighted by Gasteiger charge is 2.14. The Kier molecular flexibility index (Phi) is 6.16.